The van der Waals surface area contributed by atoms with Gasteiger partial charge in [-0.15, -0.1) is 0 Å². The zero-order valence-corrected chi connectivity index (χ0v) is 10.6. The Morgan fingerprint density at radius 2 is 2.08 bits per heavy atom. The maximum atomic E-state index is 12.6. The van der Waals surface area contributed by atoms with Gasteiger partial charge in [0.25, 0.3) is 0 Å². The number of hydrogen-bond donors (Lipinski definition) is 0. The van der Waals surface area contributed by atoms with Crippen molar-refractivity contribution in [2.24, 2.45) is 0 Å². The van der Waals surface area contributed by atoms with Crippen LogP contribution in [0.4, 0.5) is 4.39 Å². The fraction of sp³-hybridized carbons (Fsp3) is 0. The second kappa shape index (κ2) is 5.47. The van der Waals surface area contributed by atoms with Crippen LogP contribution in [0.2, 0.25) is 0 Å². The predicted octanol–water partition coefficient (Wildman–Crippen LogP) is -1.17. The molecule has 0 fully saturated rings. The van der Waals surface area contributed by atoms with Crippen LogP contribution in [0, 0.1) is 5.82 Å². The second-order valence-corrected chi connectivity index (χ2v) is 3.63. The molecule has 0 aliphatic carbocycles. The van der Waals surface area contributed by atoms with Crippen LogP contribution < -0.4 is 29.6 Å². The van der Waals surface area contributed by atoms with Gasteiger partial charge in [0.2, 0.25) is 0 Å². The van der Waals surface area contributed by atoms with Crippen molar-refractivity contribution in [1.82, 2.24) is 0 Å². The van der Waals surface area contributed by atoms with Crippen LogP contribution in [0.1, 0.15) is 0 Å². The normalized spacial score (nSPS) is 11.9. The molecule has 1 rings (SSSR count). The van der Waals surface area contributed by atoms with Crippen molar-refractivity contribution in [3.63, 3.8) is 0 Å². The Morgan fingerprint density at radius 1 is 1.50 bits per heavy atom. The van der Waals surface area contributed by atoms with E-state index in [0.29, 0.717) is 4.47 Å². The molecule has 0 aromatic heterocycles. The van der Waals surface area contributed by atoms with Crippen molar-refractivity contribution in [2.75, 3.05) is 0 Å². The van der Waals surface area contributed by atoms with Crippen LogP contribution in [-0.2, 0) is 11.1 Å². The molecule has 0 N–H and O–H groups in total. The monoisotopic (exact) mass is 260 g/mol. The Labute approximate surface area is 102 Å². The van der Waals surface area contributed by atoms with Crippen LogP contribution >= 0.6 is 15.9 Å². The van der Waals surface area contributed by atoms with E-state index in [4.69, 9.17) is 0 Å². The molecule has 0 radical (unpaired) electrons. The van der Waals surface area contributed by atoms with Gasteiger partial charge < -0.3 is 4.55 Å². The Bertz CT molecular complexity index is 308. The summed E-state index contributed by atoms with van der Waals surface area (Å²) in [5.41, 5.74) is 0. The zero-order valence-electron chi connectivity index (χ0n) is 6.21. The molecule has 0 aliphatic heterocycles. The quantitative estimate of drug-likeness (QED) is 0.472. The van der Waals surface area contributed by atoms with E-state index < -0.39 is 16.9 Å². The first-order chi connectivity index (χ1) is 5.11. The molecule has 1 unspecified atom stereocenters. The molecule has 12 heavy (non-hydrogen) atoms. The van der Waals surface area contributed by atoms with Gasteiger partial charge in [-0.3, -0.25) is 4.21 Å². The molecule has 6 heteroatoms. The van der Waals surface area contributed by atoms with Crippen molar-refractivity contribution in [3.8, 4) is 0 Å². The van der Waals surface area contributed by atoms with Crippen LogP contribution in [-0.4, -0.2) is 8.76 Å². The molecule has 0 spiro atoms. The molecule has 0 saturated heterocycles. The number of rotatable bonds is 1. The fourth-order valence-corrected chi connectivity index (χ4v) is 1.57. The number of benzene rings is 1. The topological polar surface area (TPSA) is 40.1 Å². The fourth-order valence-electron chi connectivity index (χ4n) is 0.605. The molecule has 0 aliphatic rings. The van der Waals surface area contributed by atoms with Gasteiger partial charge in [-0.05, 0) is 29.3 Å². The Hall–Kier alpha value is 0.740. The molecule has 0 saturated carbocycles. The van der Waals surface area contributed by atoms with Crippen molar-refractivity contribution in [2.45, 2.75) is 4.90 Å². The standard InChI is InChI=1S/C6H4BrFO2S.Na/c7-4-1-2-5(8)6(3-4)11(9)10;/h1-3H,(H,9,10);/q;+1/p-1. The summed E-state index contributed by atoms with van der Waals surface area (Å²) in [6.45, 7) is 0. The van der Waals surface area contributed by atoms with Crippen LogP contribution in [0.25, 0.3) is 0 Å². The largest absolute Gasteiger partial charge is 1.00 e. The predicted molar refractivity (Wildman–Crippen MR) is 41.3 cm³/mol. The number of hydrogen-bond acceptors (Lipinski definition) is 2. The van der Waals surface area contributed by atoms with E-state index in [1.54, 1.807) is 0 Å². The second-order valence-electron chi connectivity index (χ2n) is 1.81. The van der Waals surface area contributed by atoms with Crippen LogP contribution in [0.3, 0.4) is 0 Å². The smallest absolute Gasteiger partial charge is 0.768 e. The average molecular weight is 261 g/mol. The summed E-state index contributed by atoms with van der Waals surface area (Å²) >= 11 is 0.519. The van der Waals surface area contributed by atoms with Crippen molar-refractivity contribution in [3.05, 3.63) is 28.5 Å². The van der Waals surface area contributed by atoms with Gasteiger partial charge in [0.05, 0.1) is 4.90 Å². The van der Waals surface area contributed by atoms with E-state index in [1.165, 1.54) is 12.1 Å². The molecule has 0 amide bonds. The van der Waals surface area contributed by atoms with E-state index in [0.717, 1.165) is 6.07 Å². The first-order valence-corrected chi connectivity index (χ1v) is 4.52. The maximum absolute atomic E-state index is 12.6. The van der Waals surface area contributed by atoms with Gasteiger partial charge >= 0.3 is 29.6 Å². The molecule has 2 nitrogen and oxygen atoms in total. The first kappa shape index (κ1) is 12.7. The third-order valence-electron chi connectivity index (χ3n) is 1.07. The summed E-state index contributed by atoms with van der Waals surface area (Å²) in [4.78, 5) is -0.320. The van der Waals surface area contributed by atoms with Crippen LogP contribution in [0.5, 0.6) is 0 Å². The Balaban J connectivity index is 0.00000121. The van der Waals surface area contributed by atoms with Crippen molar-refractivity contribution >= 4 is 27.0 Å². The Kier molecular flexibility index (Phi) is 5.80. The molecule has 1 atom stereocenters. The van der Waals surface area contributed by atoms with E-state index in [2.05, 4.69) is 15.9 Å². The van der Waals surface area contributed by atoms with E-state index in [-0.39, 0.29) is 34.5 Å². The molecular formula is C6H3BrFNaO2S. The van der Waals surface area contributed by atoms with Crippen LogP contribution in [0.15, 0.2) is 27.6 Å². The molecule has 60 valence electrons. The van der Waals surface area contributed by atoms with Crippen molar-refractivity contribution in [1.29, 1.82) is 0 Å². The summed E-state index contributed by atoms with van der Waals surface area (Å²) in [6.07, 6.45) is 0. The minimum absolute atomic E-state index is 0. The van der Waals surface area contributed by atoms with Gasteiger partial charge in [-0.2, -0.15) is 0 Å². The SMILES string of the molecule is O=S([O-])c1cc(Br)ccc1F.[Na+]. The van der Waals surface area contributed by atoms with Gasteiger partial charge in [-0.1, -0.05) is 15.9 Å². The van der Waals surface area contributed by atoms with Gasteiger partial charge in [0.1, 0.15) is 5.82 Å². The molecule has 1 aromatic rings. The Morgan fingerprint density at radius 3 is 2.50 bits per heavy atom. The third kappa shape index (κ3) is 3.24. The molecule has 0 bridgehead atoms. The summed E-state index contributed by atoms with van der Waals surface area (Å²) < 4.78 is 33.8. The molecule has 0 heterocycles. The summed E-state index contributed by atoms with van der Waals surface area (Å²) in [5, 5.41) is 0. The number of halogens is 2. The van der Waals surface area contributed by atoms with Gasteiger partial charge in [0.15, 0.2) is 0 Å². The minimum atomic E-state index is -2.51. The van der Waals surface area contributed by atoms with E-state index in [9.17, 15) is 13.2 Å². The third-order valence-corrected chi connectivity index (χ3v) is 2.24. The van der Waals surface area contributed by atoms with E-state index in [1.807, 2.05) is 0 Å². The first-order valence-electron chi connectivity index (χ1n) is 2.65. The summed E-state index contributed by atoms with van der Waals surface area (Å²) in [6, 6.07) is 3.74. The van der Waals surface area contributed by atoms with E-state index >= 15 is 0 Å². The molecular weight excluding hydrogens is 258 g/mol. The molecule has 1 aromatic carbocycles. The summed E-state index contributed by atoms with van der Waals surface area (Å²) in [5.74, 6) is -0.735. The van der Waals surface area contributed by atoms with Gasteiger partial charge in [-0.25, -0.2) is 4.39 Å². The summed E-state index contributed by atoms with van der Waals surface area (Å²) in [7, 11) is 0. The van der Waals surface area contributed by atoms with Gasteiger partial charge in [0, 0.05) is 4.47 Å². The maximum Gasteiger partial charge on any atom is 1.00 e. The zero-order chi connectivity index (χ0) is 8.43. The average Bonchev–Trinajstić information content (AvgIpc) is 1.94. The van der Waals surface area contributed by atoms with Crippen molar-refractivity contribution < 1.29 is 42.7 Å². The minimum Gasteiger partial charge on any atom is -0.768 e.